The molecule has 23 heavy (non-hydrogen) atoms. The van der Waals surface area contributed by atoms with Crippen LogP contribution in [0.4, 0.5) is 0 Å². The molecule has 4 rings (SSSR count). The van der Waals surface area contributed by atoms with Gasteiger partial charge in [-0.1, -0.05) is 13.8 Å². The molecule has 2 aromatic rings. The third-order valence-corrected chi connectivity index (χ3v) is 5.44. The molecule has 0 saturated carbocycles. The zero-order chi connectivity index (χ0) is 15.8. The van der Waals surface area contributed by atoms with Crippen LogP contribution in [0.15, 0.2) is 23.6 Å². The van der Waals surface area contributed by atoms with Crippen molar-refractivity contribution in [3.05, 3.63) is 29.3 Å². The van der Waals surface area contributed by atoms with Gasteiger partial charge in [-0.25, -0.2) is 4.98 Å². The topological polar surface area (TPSA) is 34.6 Å². The Bertz CT molecular complexity index is 690. The van der Waals surface area contributed by atoms with Crippen molar-refractivity contribution in [3.63, 3.8) is 0 Å². The first-order valence-electron chi connectivity index (χ1n) is 8.24. The van der Waals surface area contributed by atoms with E-state index in [0.717, 1.165) is 40.5 Å². The predicted molar refractivity (Wildman–Crippen MR) is 91.9 cm³/mol. The molecule has 2 aliphatic heterocycles. The average molecular weight is 330 g/mol. The molecule has 1 fully saturated rings. The average Bonchev–Trinajstić information content (AvgIpc) is 3.14. The van der Waals surface area contributed by atoms with Crippen LogP contribution in [0, 0.1) is 11.8 Å². The second-order valence-electron chi connectivity index (χ2n) is 6.85. The van der Waals surface area contributed by atoms with Crippen LogP contribution in [0.25, 0.3) is 10.6 Å². The normalized spacial score (nSPS) is 24.1. The zero-order valence-electron chi connectivity index (χ0n) is 13.6. The second-order valence-corrected chi connectivity index (χ2v) is 7.71. The fourth-order valence-corrected chi connectivity index (χ4v) is 4.50. The molecule has 2 atom stereocenters. The summed E-state index contributed by atoms with van der Waals surface area (Å²) in [7, 11) is 0. The highest BCUT2D eigenvalue weighted by Crippen LogP contribution is 2.36. The first kappa shape index (κ1) is 15.0. The van der Waals surface area contributed by atoms with E-state index in [0.29, 0.717) is 6.79 Å². The molecule has 2 aliphatic rings. The van der Waals surface area contributed by atoms with Crippen LogP contribution in [0.3, 0.4) is 0 Å². The number of nitrogens with zero attached hydrogens (tertiary/aromatic N) is 2. The maximum absolute atomic E-state index is 5.46. The third-order valence-electron chi connectivity index (χ3n) is 4.50. The Kier molecular flexibility index (Phi) is 3.99. The van der Waals surface area contributed by atoms with Crippen molar-refractivity contribution in [1.82, 2.24) is 9.88 Å². The summed E-state index contributed by atoms with van der Waals surface area (Å²) in [5, 5.41) is 3.24. The van der Waals surface area contributed by atoms with E-state index in [9.17, 15) is 0 Å². The van der Waals surface area contributed by atoms with Gasteiger partial charge in [0.15, 0.2) is 11.5 Å². The number of fused-ring (bicyclic) bond motifs is 1. The van der Waals surface area contributed by atoms with Crippen molar-refractivity contribution in [2.45, 2.75) is 26.8 Å². The Labute approximate surface area is 141 Å². The number of hydrogen-bond acceptors (Lipinski definition) is 5. The molecule has 5 heteroatoms. The van der Waals surface area contributed by atoms with Gasteiger partial charge in [0.1, 0.15) is 5.01 Å². The summed E-state index contributed by atoms with van der Waals surface area (Å²) in [4.78, 5) is 7.37. The number of ether oxygens (including phenoxy) is 2. The van der Waals surface area contributed by atoms with Crippen LogP contribution in [0.2, 0.25) is 0 Å². The molecule has 0 bridgehead atoms. The standard InChI is InChI=1S/C18H22N2O2S/c1-12-5-13(2)8-20(7-12)9-15-10-23-18(19-15)14-3-4-16-17(6-14)22-11-21-16/h3-4,6,10,12-13H,5,7-9,11H2,1-2H3/t12-,13-/m0/s1. The Balaban J connectivity index is 1.48. The van der Waals surface area contributed by atoms with Crippen molar-refractivity contribution in [2.24, 2.45) is 11.8 Å². The fraction of sp³-hybridized carbons (Fsp3) is 0.500. The van der Waals surface area contributed by atoms with Gasteiger partial charge in [0.2, 0.25) is 6.79 Å². The maximum atomic E-state index is 5.46. The van der Waals surface area contributed by atoms with E-state index in [1.54, 1.807) is 11.3 Å². The Hall–Kier alpha value is -1.59. The van der Waals surface area contributed by atoms with E-state index >= 15 is 0 Å². The van der Waals surface area contributed by atoms with Gasteiger partial charge in [-0.2, -0.15) is 0 Å². The summed E-state index contributed by atoms with van der Waals surface area (Å²) in [6.45, 7) is 8.33. The zero-order valence-corrected chi connectivity index (χ0v) is 14.4. The number of benzene rings is 1. The molecule has 0 aliphatic carbocycles. The largest absolute Gasteiger partial charge is 0.454 e. The highest BCUT2D eigenvalue weighted by atomic mass is 32.1. The van der Waals surface area contributed by atoms with Gasteiger partial charge in [-0.15, -0.1) is 11.3 Å². The Morgan fingerprint density at radius 1 is 1.17 bits per heavy atom. The van der Waals surface area contributed by atoms with Gasteiger partial charge in [0.25, 0.3) is 0 Å². The van der Waals surface area contributed by atoms with Gasteiger partial charge in [-0.3, -0.25) is 4.90 Å². The molecule has 1 aromatic heterocycles. The summed E-state index contributed by atoms with van der Waals surface area (Å²) in [6.07, 6.45) is 1.34. The summed E-state index contributed by atoms with van der Waals surface area (Å²) in [5.41, 5.74) is 2.27. The molecule has 122 valence electrons. The molecule has 0 amide bonds. The van der Waals surface area contributed by atoms with E-state index in [-0.39, 0.29) is 0 Å². The van der Waals surface area contributed by atoms with Crippen LogP contribution in [0.1, 0.15) is 26.0 Å². The van der Waals surface area contributed by atoms with Gasteiger partial charge < -0.3 is 9.47 Å². The number of aromatic nitrogens is 1. The lowest BCUT2D eigenvalue weighted by Gasteiger charge is -2.34. The van der Waals surface area contributed by atoms with Crippen LogP contribution in [0.5, 0.6) is 11.5 Å². The Morgan fingerprint density at radius 3 is 2.78 bits per heavy atom. The number of thiazole rings is 1. The summed E-state index contributed by atoms with van der Waals surface area (Å²) in [6, 6.07) is 6.05. The number of rotatable bonds is 3. The molecule has 0 unspecified atom stereocenters. The minimum Gasteiger partial charge on any atom is -0.454 e. The van der Waals surface area contributed by atoms with Crippen LogP contribution >= 0.6 is 11.3 Å². The van der Waals surface area contributed by atoms with Gasteiger partial charge in [0.05, 0.1) is 5.69 Å². The molecule has 1 saturated heterocycles. The molecular formula is C18H22N2O2S. The summed E-state index contributed by atoms with van der Waals surface area (Å²) in [5.74, 6) is 3.20. The minimum atomic E-state index is 0.313. The van der Waals surface area contributed by atoms with E-state index in [4.69, 9.17) is 14.5 Å². The van der Waals surface area contributed by atoms with E-state index in [1.807, 2.05) is 12.1 Å². The highest BCUT2D eigenvalue weighted by Gasteiger charge is 2.22. The molecule has 0 N–H and O–H groups in total. The molecule has 0 radical (unpaired) electrons. The lowest BCUT2D eigenvalue weighted by atomic mass is 9.92. The smallest absolute Gasteiger partial charge is 0.231 e. The first-order chi connectivity index (χ1) is 11.2. The molecule has 3 heterocycles. The van der Waals surface area contributed by atoms with Gasteiger partial charge >= 0.3 is 0 Å². The van der Waals surface area contributed by atoms with Gasteiger partial charge in [-0.05, 0) is 36.5 Å². The summed E-state index contributed by atoms with van der Waals surface area (Å²) >= 11 is 1.70. The minimum absolute atomic E-state index is 0.313. The summed E-state index contributed by atoms with van der Waals surface area (Å²) < 4.78 is 10.8. The van der Waals surface area contributed by atoms with Crippen molar-refractivity contribution < 1.29 is 9.47 Å². The van der Waals surface area contributed by atoms with Gasteiger partial charge in [0, 0.05) is 30.6 Å². The van der Waals surface area contributed by atoms with Crippen molar-refractivity contribution in [1.29, 1.82) is 0 Å². The number of hydrogen-bond donors (Lipinski definition) is 0. The molecular weight excluding hydrogens is 308 g/mol. The van der Waals surface area contributed by atoms with E-state index in [2.05, 4.69) is 30.2 Å². The monoisotopic (exact) mass is 330 g/mol. The lowest BCUT2D eigenvalue weighted by Crippen LogP contribution is -2.38. The second kappa shape index (κ2) is 6.13. The lowest BCUT2D eigenvalue weighted by molar-refractivity contribution is 0.133. The highest BCUT2D eigenvalue weighted by molar-refractivity contribution is 7.13. The molecule has 0 spiro atoms. The maximum Gasteiger partial charge on any atom is 0.231 e. The number of likely N-dealkylation sites (tertiary alicyclic amines) is 1. The number of piperidine rings is 1. The van der Waals surface area contributed by atoms with E-state index in [1.165, 1.54) is 25.2 Å². The third kappa shape index (κ3) is 3.21. The van der Waals surface area contributed by atoms with Crippen LogP contribution in [-0.4, -0.2) is 29.8 Å². The predicted octanol–water partition coefficient (Wildman–Crippen LogP) is 4.02. The molecule has 1 aromatic carbocycles. The Morgan fingerprint density at radius 2 is 1.96 bits per heavy atom. The first-order valence-corrected chi connectivity index (χ1v) is 9.12. The molecule has 4 nitrogen and oxygen atoms in total. The SMILES string of the molecule is C[C@H]1C[C@H](C)CN(Cc2csc(-c3ccc4c(c3)OCO4)n2)C1. The fourth-order valence-electron chi connectivity index (χ4n) is 3.69. The van der Waals surface area contributed by atoms with Crippen molar-refractivity contribution >= 4 is 11.3 Å². The van der Waals surface area contributed by atoms with Crippen molar-refractivity contribution in [2.75, 3.05) is 19.9 Å². The van der Waals surface area contributed by atoms with Crippen LogP contribution in [-0.2, 0) is 6.54 Å². The van der Waals surface area contributed by atoms with Crippen molar-refractivity contribution in [3.8, 4) is 22.1 Å². The quantitative estimate of drug-likeness (QED) is 0.851. The van der Waals surface area contributed by atoms with E-state index < -0.39 is 0 Å². The van der Waals surface area contributed by atoms with Crippen LogP contribution < -0.4 is 9.47 Å².